The van der Waals surface area contributed by atoms with Crippen LogP contribution in [0.2, 0.25) is 0 Å². The average Bonchev–Trinajstić information content (AvgIpc) is 2.87. The van der Waals surface area contributed by atoms with Gasteiger partial charge in [-0.15, -0.1) is 0 Å². The zero-order valence-electron chi connectivity index (χ0n) is 11.0. The van der Waals surface area contributed by atoms with Crippen molar-refractivity contribution in [3.63, 3.8) is 0 Å². The zero-order chi connectivity index (χ0) is 13.7. The number of aryl methyl sites for hydroxylation is 2. The third-order valence-electron chi connectivity index (χ3n) is 2.88. The van der Waals surface area contributed by atoms with E-state index in [0.717, 1.165) is 30.8 Å². The Morgan fingerprint density at radius 3 is 3.00 bits per heavy atom. The minimum atomic E-state index is 0.426. The van der Waals surface area contributed by atoms with E-state index in [4.69, 9.17) is 18.0 Å². The highest BCUT2D eigenvalue weighted by Gasteiger charge is 2.04. The van der Waals surface area contributed by atoms with Gasteiger partial charge < -0.3 is 11.1 Å². The molecule has 5 heteroatoms. The van der Waals surface area contributed by atoms with Crippen LogP contribution in [-0.2, 0) is 6.54 Å². The molecule has 3 N–H and O–H groups in total. The van der Waals surface area contributed by atoms with Gasteiger partial charge in [-0.1, -0.05) is 18.3 Å². The highest BCUT2D eigenvalue weighted by Crippen LogP contribution is 2.17. The maximum absolute atomic E-state index is 5.72. The molecule has 0 aliphatic rings. The standard InChI is InChI=1S/C14H18N4S/c1-11-4-5-12(14(15)19)13(10-11)16-6-2-8-18-9-3-7-17-18/h3-5,7,9-10,16H,2,6,8H2,1H3,(H2,15,19). The number of nitrogens with two attached hydrogens (primary N) is 1. The van der Waals surface area contributed by atoms with Gasteiger partial charge in [0.05, 0.1) is 0 Å². The SMILES string of the molecule is Cc1ccc(C(N)=S)c(NCCCn2cccn2)c1. The average molecular weight is 274 g/mol. The number of nitrogens with zero attached hydrogens (tertiary/aromatic N) is 2. The molecule has 0 bridgehead atoms. The van der Waals surface area contributed by atoms with Crippen LogP contribution in [0.5, 0.6) is 0 Å². The fourth-order valence-corrected chi connectivity index (χ4v) is 2.09. The van der Waals surface area contributed by atoms with Gasteiger partial charge in [-0.3, -0.25) is 4.68 Å². The van der Waals surface area contributed by atoms with Crippen molar-refractivity contribution in [1.82, 2.24) is 9.78 Å². The van der Waals surface area contributed by atoms with Crippen molar-refractivity contribution < 1.29 is 0 Å². The summed E-state index contributed by atoms with van der Waals surface area (Å²) < 4.78 is 1.92. The van der Waals surface area contributed by atoms with Crippen LogP contribution < -0.4 is 11.1 Å². The molecule has 2 aromatic rings. The Morgan fingerprint density at radius 1 is 1.47 bits per heavy atom. The van der Waals surface area contributed by atoms with E-state index < -0.39 is 0 Å². The number of thiocarbonyl (C=S) groups is 1. The molecule has 1 heterocycles. The number of hydrogen-bond acceptors (Lipinski definition) is 3. The van der Waals surface area contributed by atoms with E-state index in [0.29, 0.717) is 4.99 Å². The molecule has 1 aromatic heterocycles. The Morgan fingerprint density at radius 2 is 2.32 bits per heavy atom. The summed E-state index contributed by atoms with van der Waals surface area (Å²) in [5.74, 6) is 0. The van der Waals surface area contributed by atoms with Crippen molar-refractivity contribution in [2.45, 2.75) is 19.9 Å². The molecule has 0 unspecified atom stereocenters. The van der Waals surface area contributed by atoms with Crippen molar-refractivity contribution in [2.24, 2.45) is 5.73 Å². The van der Waals surface area contributed by atoms with Gasteiger partial charge >= 0.3 is 0 Å². The fourth-order valence-electron chi connectivity index (χ4n) is 1.92. The molecule has 0 fully saturated rings. The number of anilines is 1. The highest BCUT2D eigenvalue weighted by atomic mass is 32.1. The molecule has 0 aliphatic carbocycles. The summed E-state index contributed by atoms with van der Waals surface area (Å²) in [7, 11) is 0. The van der Waals surface area contributed by atoms with Crippen molar-refractivity contribution >= 4 is 22.9 Å². The topological polar surface area (TPSA) is 55.9 Å². The molecule has 0 amide bonds. The van der Waals surface area contributed by atoms with Crippen LogP contribution in [-0.4, -0.2) is 21.3 Å². The van der Waals surface area contributed by atoms with Crippen LogP contribution in [0.1, 0.15) is 17.5 Å². The molecule has 0 saturated carbocycles. The van der Waals surface area contributed by atoms with Gasteiger partial charge in [0.25, 0.3) is 0 Å². The van der Waals surface area contributed by atoms with E-state index in [1.165, 1.54) is 5.56 Å². The summed E-state index contributed by atoms with van der Waals surface area (Å²) in [6, 6.07) is 7.98. The largest absolute Gasteiger partial charge is 0.389 e. The molecule has 0 radical (unpaired) electrons. The number of benzene rings is 1. The number of hydrogen-bond donors (Lipinski definition) is 2. The van der Waals surface area contributed by atoms with Crippen LogP contribution >= 0.6 is 12.2 Å². The third-order valence-corrected chi connectivity index (χ3v) is 3.10. The minimum absolute atomic E-state index is 0.426. The first kappa shape index (κ1) is 13.5. The monoisotopic (exact) mass is 274 g/mol. The van der Waals surface area contributed by atoms with Gasteiger partial charge in [0.1, 0.15) is 4.99 Å². The Balaban J connectivity index is 1.91. The Hall–Kier alpha value is -1.88. The molecule has 0 spiro atoms. The van der Waals surface area contributed by atoms with Crippen molar-refractivity contribution in [3.8, 4) is 0 Å². The lowest BCUT2D eigenvalue weighted by molar-refractivity contribution is 0.592. The summed E-state index contributed by atoms with van der Waals surface area (Å²) in [4.78, 5) is 0.426. The van der Waals surface area contributed by atoms with Gasteiger partial charge in [0.2, 0.25) is 0 Å². The molecular weight excluding hydrogens is 256 g/mol. The van der Waals surface area contributed by atoms with E-state index in [1.54, 1.807) is 6.20 Å². The van der Waals surface area contributed by atoms with Gasteiger partial charge in [-0.25, -0.2) is 0 Å². The van der Waals surface area contributed by atoms with Crippen molar-refractivity contribution in [1.29, 1.82) is 0 Å². The number of nitrogens with one attached hydrogen (secondary N) is 1. The van der Waals surface area contributed by atoms with E-state index in [-0.39, 0.29) is 0 Å². The fraction of sp³-hybridized carbons (Fsp3) is 0.286. The summed E-state index contributed by atoms with van der Waals surface area (Å²) in [5.41, 5.74) is 8.82. The molecule has 0 atom stereocenters. The first-order valence-electron chi connectivity index (χ1n) is 6.28. The summed E-state index contributed by atoms with van der Waals surface area (Å²) in [6.45, 7) is 3.81. The Kier molecular flexibility index (Phi) is 4.52. The second kappa shape index (κ2) is 6.33. The predicted octanol–water partition coefficient (Wildman–Crippen LogP) is 2.33. The molecule has 1 aromatic carbocycles. The van der Waals surface area contributed by atoms with E-state index in [9.17, 15) is 0 Å². The summed E-state index contributed by atoms with van der Waals surface area (Å²) in [5, 5.41) is 7.56. The minimum Gasteiger partial charge on any atom is -0.389 e. The summed E-state index contributed by atoms with van der Waals surface area (Å²) in [6.07, 6.45) is 4.75. The van der Waals surface area contributed by atoms with Gasteiger partial charge in [0.15, 0.2) is 0 Å². The van der Waals surface area contributed by atoms with E-state index in [2.05, 4.69) is 23.4 Å². The quantitative estimate of drug-likeness (QED) is 0.627. The van der Waals surface area contributed by atoms with Crippen molar-refractivity contribution in [2.75, 3.05) is 11.9 Å². The summed E-state index contributed by atoms with van der Waals surface area (Å²) >= 11 is 5.06. The van der Waals surface area contributed by atoms with Crippen LogP contribution in [0.15, 0.2) is 36.7 Å². The van der Waals surface area contributed by atoms with Crippen molar-refractivity contribution in [3.05, 3.63) is 47.8 Å². The van der Waals surface area contributed by atoms with Crippen LogP contribution in [0.3, 0.4) is 0 Å². The first-order valence-corrected chi connectivity index (χ1v) is 6.69. The first-order chi connectivity index (χ1) is 9.16. The molecule has 0 aliphatic heterocycles. The van der Waals surface area contributed by atoms with Crippen LogP contribution in [0.4, 0.5) is 5.69 Å². The molecule has 0 saturated heterocycles. The lowest BCUT2D eigenvalue weighted by Crippen LogP contribution is -2.14. The van der Waals surface area contributed by atoms with E-state index in [1.807, 2.05) is 29.1 Å². The lowest BCUT2D eigenvalue weighted by atomic mass is 10.1. The van der Waals surface area contributed by atoms with Gasteiger partial charge in [-0.05, 0) is 37.1 Å². The van der Waals surface area contributed by atoms with Crippen LogP contribution in [0.25, 0.3) is 0 Å². The second-order valence-corrected chi connectivity index (χ2v) is 4.90. The predicted molar refractivity (Wildman–Crippen MR) is 82.4 cm³/mol. The molecule has 4 nitrogen and oxygen atoms in total. The molecule has 100 valence electrons. The molecule has 19 heavy (non-hydrogen) atoms. The highest BCUT2D eigenvalue weighted by molar-refractivity contribution is 7.80. The molecular formula is C14H18N4S. The Bertz CT molecular complexity index is 549. The zero-order valence-corrected chi connectivity index (χ0v) is 11.8. The Labute approximate surface area is 118 Å². The van der Waals surface area contributed by atoms with Gasteiger partial charge in [-0.2, -0.15) is 5.10 Å². The van der Waals surface area contributed by atoms with Crippen LogP contribution in [0, 0.1) is 6.92 Å². The third kappa shape index (κ3) is 3.79. The van der Waals surface area contributed by atoms with Gasteiger partial charge in [0, 0.05) is 36.7 Å². The number of aromatic nitrogens is 2. The molecule has 2 rings (SSSR count). The smallest absolute Gasteiger partial charge is 0.106 e. The maximum atomic E-state index is 5.72. The lowest BCUT2D eigenvalue weighted by Gasteiger charge is -2.12. The van der Waals surface area contributed by atoms with E-state index >= 15 is 0 Å². The second-order valence-electron chi connectivity index (χ2n) is 4.46. The maximum Gasteiger partial charge on any atom is 0.106 e. The normalized spacial score (nSPS) is 10.4. The number of rotatable bonds is 6.